The van der Waals surface area contributed by atoms with Gasteiger partial charge in [-0.3, -0.25) is 0 Å². The second-order valence-electron chi connectivity index (χ2n) is 8.06. The Morgan fingerprint density at radius 2 is 1.94 bits per heavy atom. The summed E-state index contributed by atoms with van der Waals surface area (Å²) in [4.78, 5) is 11.1. The third-order valence-electron chi connectivity index (χ3n) is 5.69. The molecule has 0 radical (unpaired) electrons. The van der Waals surface area contributed by atoms with Gasteiger partial charge in [-0.2, -0.15) is 5.26 Å². The van der Waals surface area contributed by atoms with Gasteiger partial charge in [0, 0.05) is 37.3 Å². The van der Waals surface area contributed by atoms with Gasteiger partial charge < -0.3 is 14.4 Å². The van der Waals surface area contributed by atoms with Crippen molar-refractivity contribution >= 4 is 27.2 Å². The summed E-state index contributed by atoms with van der Waals surface area (Å²) in [5, 5.41) is 11.5. The van der Waals surface area contributed by atoms with E-state index in [-0.39, 0.29) is 17.5 Å². The Balaban J connectivity index is 1.31. The first-order valence-corrected chi connectivity index (χ1v) is 13.6. The number of nitrogens with one attached hydrogen (secondary N) is 1. The number of thiazole rings is 1. The van der Waals surface area contributed by atoms with Gasteiger partial charge in [0.1, 0.15) is 15.7 Å². The largest absolute Gasteiger partial charge is 0.382 e. The Morgan fingerprint density at radius 1 is 1.17 bits per heavy atom. The fraction of sp³-hybridized carbons (Fsp3) is 0.375. The van der Waals surface area contributed by atoms with Gasteiger partial charge in [0.05, 0.1) is 43.2 Å². The van der Waals surface area contributed by atoms with Crippen molar-refractivity contribution in [2.75, 3.05) is 38.3 Å². The molecule has 1 saturated heterocycles. The van der Waals surface area contributed by atoms with E-state index in [1.54, 1.807) is 31.4 Å². The highest BCUT2D eigenvalue weighted by Gasteiger charge is 2.22. The third kappa shape index (κ3) is 6.62. The van der Waals surface area contributed by atoms with Crippen molar-refractivity contribution in [1.82, 2.24) is 14.7 Å². The average Bonchev–Trinajstić information content (AvgIpc) is 3.38. The third-order valence-corrected chi connectivity index (χ3v) is 8.02. The van der Waals surface area contributed by atoms with Gasteiger partial charge in [-0.1, -0.05) is 12.1 Å². The van der Waals surface area contributed by atoms with Crippen LogP contribution in [0.2, 0.25) is 0 Å². The van der Waals surface area contributed by atoms with Crippen LogP contribution in [-0.2, 0) is 26.0 Å². The lowest BCUT2D eigenvalue weighted by molar-refractivity contribution is 0.00604. The number of hydrogen-bond donors (Lipinski definition) is 1. The molecule has 0 unspecified atom stereocenters. The van der Waals surface area contributed by atoms with Crippen molar-refractivity contribution in [2.45, 2.75) is 30.4 Å². The molecule has 35 heavy (non-hydrogen) atoms. The summed E-state index contributed by atoms with van der Waals surface area (Å²) >= 11 is 1.42. The van der Waals surface area contributed by atoms with E-state index in [1.165, 1.54) is 17.5 Å². The van der Waals surface area contributed by atoms with Crippen LogP contribution >= 0.6 is 11.3 Å². The lowest BCUT2D eigenvalue weighted by Gasteiger charge is -2.32. The van der Waals surface area contributed by atoms with Gasteiger partial charge in [0.15, 0.2) is 0 Å². The Kier molecular flexibility index (Phi) is 8.43. The molecule has 1 aliphatic rings. The van der Waals surface area contributed by atoms with Crippen LogP contribution in [0.4, 0.5) is 5.82 Å². The quantitative estimate of drug-likeness (QED) is 0.411. The smallest absolute Gasteiger partial charge is 0.242 e. The van der Waals surface area contributed by atoms with E-state index in [9.17, 15) is 8.42 Å². The molecule has 9 nitrogen and oxygen atoms in total. The molecule has 1 fully saturated rings. The predicted octanol–water partition coefficient (Wildman–Crippen LogP) is 3.19. The predicted molar refractivity (Wildman–Crippen MR) is 134 cm³/mol. The molecule has 0 aliphatic carbocycles. The van der Waals surface area contributed by atoms with Crippen molar-refractivity contribution in [3.63, 3.8) is 0 Å². The monoisotopic (exact) mass is 513 g/mol. The van der Waals surface area contributed by atoms with E-state index in [1.807, 2.05) is 17.5 Å². The topological polar surface area (TPSA) is 117 Å². The Hall–Kier alpha value is -2.88. The number of anilines is 1. The van der Waals surface area contributed by atoms with Crippen molar-refractivity contribution < 1.29 is 17.9 Å². The molecule has 0 amide bonds. The standard InChI is InChI=1S/C24H27N5O4S2/c1-32-12-13-33-21-8-10-29(11-9-21)23-7-6-22(16-26-23)35(30,31)27-15-20-17-34-24(28-20)19-4-2-18(14-25)3-5-19/h2-7,16-17,21,27H,8-13,15H2,1H3. The van der Waals surface area contributed by atoms with Gasteiger partial charge in [0.2, 0.25) is 10.0 Å². The first-order valence-electron chi connectivity index (χ1n) is 11.2. The molecule has 4 rings (SSSR count). The summed E-state index contributed by atoms with van der Waals surface area (Å²) in [7, 11) is -2.07. The van der Waals surface area contributed by atoms with Crippen LogP contribution in [0.3, 0.4) is 0 Å². The fourth-order valence-corrected chi connectivity index (χ4v) is 5.50. The summed E-state index contributed by atoms with van der Waals surface area (Å²) in [6.07, 6.45) is 3.39. The molecule has 1 aromatic carbocycles. The maximum absolute atomic E-state index is 12.8. The Morgan fingerprint density at radius 3 is 2.60 bits per heavy atom. The average molecular weight is 514 g/mol. The number of ether oxygens (including phenoxy) is 2. The molecule has 2 aromatic heterocycles. The molecule has 3 aromatic rings. The van der Waals surface area contributed by atoms with Crippen LogP contribution < -0.4 is 9.62 Å². The van der Waals surface area contributed by atoms with Gasteiger partial charge in [-0.25, -0.2) is 23.1 Å². The molecule has 0 saturated carbocycles. The minimum absolute atomic E-state index is 0.0768. The first-order chi connectivity index (χ1) is 17.0. The molecule has 1 N–H and O–H groups in total. The number of piperidine rings is 1. The van der Waals surface area contributed by atoms with E-state index >= 15 is 0 Å². The SMILES string of the molecule is COCCOC1CCN(c2ccc(S(=O)(=O)NCc3csc(-c4ccc(C#N)cc4)n3)cn2)CC1. The molecule has 0 bridgehead atoms. The minimum atomic E-state index is -3.73. The number of rotatable bonds is 10. The molecular weight excluding hydrogens is 486 g/mol. The second-order valence-corrected chi connectivity index (χ2v) is 10.7. The molecule has 11 heteroatoms. The fourth-order valence-electron chi connectivity index (χ4n) is 3.73. The molecule has 0 spiro atoms. The highest BCUT2D eigenvalue weighted by Crippen LogP contribution is 2.25. The van der Waals surface area contributed by atoms with Crippen LogP contribution in [0.1, 0.15) is 24.1 Å². The maximum atomic E-state index is 12.8. The normalized spacial score (nSPS) is 14.7. The Bertz CT molecular complexity index is 1250. The first kappa shape index (κ1) is 25.2. The number of nitriles is 1. The second kappa shape index (κ2) is 11.7. The van der Waals surface area contributed by atoms with Gasteiger partial charge in [-0.05, 0) is 37.1 Å². The van der Waals surface area contributed by atoms with Crippen LogP contribution in [-0.4, -0.2) is 57.9 Å². The molecule has 3 heterocycles. The zero-order valence-corrected chi connectivity index (χ0v) is 21.0. The van der Waals surface area contributed by atoms with E-state index in [2.05, 4.69) is 25.7 Å². The highest BCUT2D eigenvalue weighted by molar-refractivity contribution is 7.89. The maximum Gasteiger partial charge on any atom is 0.242 e. The van der Waals surface area contributed by atoms with Gasteiger partial charge >= 0.3 is 0 Å². The van der Waals surface area contributed by atoms with Gasteiger partial charge in [-0.15, -0.1) is 11.3 Å². The number of hydrogen-bond acceptors (Lipinski definition) is 9. The number of sulfonamides is 1. The molecule has 184 valence electrons. The highest BCUT2D eigenvalue weighted by atomic mass is 32.2. The zero-order valence-electron chi connectivity index (χ0n) is 19.4. The van der Waals surface area contributed by atoms with Crippen LogP contribution in [0, 0.1) is 11.3 Å². The van der Waals surface area contributed by atoms with Crippen molar-refractivity contribution in [2.24, 2.45) is 0 Å². The zero-order chi connectivity index (χ0) is 24.7. The summed E-state index contributed by atoms with van der Waals surface area (Å²) in [6.45, 7) is 2.87. The summed E-state index contributed by atoms with van der Waals surface area (Å²) in [5.74, 6) is 0.755. The van der Waals surface area contributed by atoms with Crippen LogP contribution in [0.15, 0.2) is 52.9 Å². The molecular formula is C24H27N5O4S2. The van der Waals surface area contributed by atoms with Crippen LogP contribution in [0.5, 0.6) is 0 Å². The molecule has 1 aliphatic heterocycles. The Labute approximate surface area is 209 Å². The van der Waals surface area contributed by atoms with Crippen LogP contribution in [0.25, 0.3) is 10.6 Å². The number of nitrogens with zero attached hydrogens (tertiary/aromatic N) is 4. The number of aromatic nitrogens is 2. The van der Waals surface area contributed by atoms with Crippen molar-refractivity contribution in [3.8, 4) is 16.6 Å². The minimum Gasteiger partial charge on any atom is -0.382 e. The lowest BCUT2D eigenvalue weighted by atomic mass is 10.1. The summed E-state index contributed by atoms with van der Waals surface area (Å²) < 4.78 is 38.9. The van der Waals surface area contributed by atoms with E-state index in [4.69, 9.17) is 14.7 Å². The van der Waals surface area contributed by atoms with Gasteiger partial charge in [0.25, 0.3) is 0 Å². The molecule has 0 atom stereocenters. The van der Waals surface area contributed by atoms with E-state index in [0.29, 0.717) is 24.5 Å². The van der Waals surface area contributed by atoms with Crippen molar-refractivity contribution in [3.05, 3.63) is 59.2 Å². The lowest BCUT2D eigenvalue weighted by Crippen LogP contribution is -2.37. The number of methoxy groups -OCH3 is 1. The van der Waals surface area contributed by atoms with E-state index < -0.39 is 10.0 Å². The number of benzene rings is 1. The van der Waals surface area contributed by atoms with Crippen molar-refractivity contribution in [1.29, 1.82) is 5.26 Å². The van der Waals surface area contributed by atoms with E-state index in [0.717, 1.165) is 42.3 Å². The summed E-state index contributed by atoms with van der Waals surface area (Å²) in [6, 6.07) is 12.5. The summed E-state index contributed by atoms with van der Waals surface area (Å²) in [5.41, 5.74) is 2.08. The number of pyridine rings is 1.